The number of nitrogens with two attached hydrogens (primary N) is 1. The number of rotatable bonds is 5. The summed E-state index contributed by atoms with van der Waals surface area (Å²) in [5, 5.41) is 20.7. The molecule has 4 N–H and O–H groups in total. The number of thiophene rings is 1. The third-order valence-electron chi connectivity index (χ3n) is 2.15. The van der Waals surface area contributed by atoms with E-state index in [4.69, 9.17) is 10.8 Å². The molecule has 0 aromatic carbocycles. The van der Waals surface area contributed by atoms with Crippen LogP contribution in [0.2, 0.25) is 0 Å². The Hall–Kier alpha value is -0.890. The van der Waals surface area contributed by atoms with E-state index in [0.29, 0.717) is 23.1 Å². The van der Waals surface area contributed by atoms with Crippen LogP contribution in [-0.2, 0) is 5.75 Å². The Balaban J connectivity index is 2.03. The minimum atomic E-state index is -0.692. The first kappa shape index (κ1) is 12.6. The molecule has 0 amide bonds. The molecule has 17 heavy (non-hydrogen) atoms. The van der Waals surface area contributed by atoms with Gasteiger partial charge >= 0.3 is 0 Å². The van der Waals surface area contributed by atoms with Gasteiger partial charge < -0.3 is 15.9 Å². The van der Waals surface area contributed by atoms with Crippen LogP contribution in [0, 0.1) is 0 Å². The van der Waals surface area contributed by atoms with E-state index in [1.54, 1.807) is 0 Å². The van der Waals surface area contributed by atoms with Crippen LogP contribution in [0.25, 0.3) is 10.2 Å². The van der Waals surface area contributed by atoms with Crippen molar-refractivity contribution in [1.82, 2.24) is 9.97 Å². The van der Waals surface area contributed by atoms with Crippen LogP contribution in [0.15, 0.2) is 11.4 Å². The minimum Gasteiger partial charge on any atom is -0.394 e. The summed E-state index contributed by atoms with van der Waals surface area (Å²) in [6.45, 7) is -0.222. The molecule has 7 heteroatoms. The number of nitrogen functional groups attached to an aromatic ring is 1. The predicted octanol–water partition coefficient (Wildman–Crippen LogP) is 0.860. The van der Waals surface area contributed by atoms with Gasteiger partial charge in [0.05, 0.1) is 23.8 Å². The molecule has 0 bridgehead atoms. The summed E-state index contributed by atoms with van der Waals surface area (Å²) in [5.41, 5.74) is 5.82. The highest BCUT2D eigenvalue weighted by molar-refractivity contribution is 7.98. The second-order valence-corrected chi connectivity index (χ2v) is 5.44. The average Bonchev–Trinajstić information content (AvgIpc) is 2.77. The van der Waals surface area contributed by atoms with E-state index in [1.807, 2.05) is 11.4 Å². The number of aromatic nitrogens is 2. The number of nitrogens with zero attached hydrogens (tertiary/aromatic N) is 2. The van der Waals surface area contributed by atoms with Gasteiger partial charge in [0.1, 0.15) is 16.5 Å². The monoisotopic (exact) mass is 271 g/mol. The Morgan fingerprint density at radius 3 is 3.06 bits per heavy atom. The van der Waals surface area contributed by atoms with Crippen molar-refractivity contribution in [2.75, 3.05) is 18.1 Å². The van der Waals surface area contributed by atoms with E-state index in [-0.39, 0.29) is 6.61 Å². The molecule has 0 fully saturated rings. The molecule has 2 rings (SSSR count). The number of fused-ring (bicyclic) bond motifs is 1. The Kier molecular flexibility index (Phi) is 4.16. The molecule has 0 aliphatic carbocycles. The van der Waals surface area contributed by atoms with Crippen LogP contribution in [0.3, 0.4) is 0 Å². The molecule has 0 aliphatic rings. The molecule has 2 aromatic rings. The van der Waals surface area contributed by atoms with Crippen molar-refractivity contribution in [2.24, 2.45) is 0 Å². The fourth-order valence-corrected chi connectivity index (χ4v) is 2.93. The number of aliphatic hydroxyl groups is 2. The zero-order valence-electron chi connectivity index (χ0n) is 9.04. The predicted molar refractivity (Wildman–Crippen MR) is 71.1 cm³/mol. The van der Waals surface area contributed by atoms with E-state index < -0.39 is 6.10 Å². The quantitative estimate of drug-likeness (QED) is 0.747. The van der Waals surface area contributed by atoms with E-state index in [2.05, 4.69) is 9.97 Å². The first-order valence-corrected chi connectivity index (χ1v) is 7.10. The van der Waals surface area contributed by atoms with E-state index >= 15 is 0 Å². The fourth-order valence-electron chi connectivity index (χ4n) is 1.33. The molecule has 0 spiro atoms. The first-order valence-electron chi connectivity index (χ1n) is 5.07. The lowest BCUT2D eigenvalue weighted by atomic mass is 10.4. The molecular weight excluding hydrogens is 258 g/mol. The molecule has 2 heterocycles. The standard InChI is InChI=1S/C10H13N3O2S2/c11-9-7-1-2-17-10(7)13-8(12-9)5-16-4-6(15)3-14/h1-2,6,14-15H,3-5H2,(H2,11,12,13). The molecule has 1 unspecified atom stereocenters. The van der Waals surface area contributed by atoms with Gasteiger partial charge in [0.25, 0.3) is 0 Å². The van der Waals surface area contributed by atoms with E-state index in [1.165, 1.54) is 23.1 Å². The van der Waals surface area contributed by atoms with Crippen molar-refractivity contribution in [3.05, 3.63) is 17.3 Å². The summed E-state index contributed by atoms with van der Waals surface area (Å²) in [6.07, 6.45) is -0.692. The van der Waals surface area contributed by atoms with Crippen LogP contribution in [0.1, 0.15) is 5.82 Å². The third kappa shape index (κ3) is 3.06. The number of hydrogen-bond acceptors (Lipinski definition) is 7. The molecule has 92 valence electrons. The van der Waals surface area contributed by atoms with Gasteiger partial charge in [-0.3, -0.25) is 0 Å². The maximum Gasteiger partial charge on any atom is 0.142 e. The fraction of sp³-hybridized carbons (Fsp3) is 0.400. The second-order valence-electron chi connectivity index (χ2n) is 3.52. The molecule has 5 nitrogen and oxygen atoms in total. The summed E-state index contributed by atoms with van der Waals surface area (Å²) in [6, 6.07) is 1.90. The SMILES string of the molecule is Nc1nc(CSCC(O)CO)nc2sccc12. The van der Waals surface area contributed by atoms with E-state index in [9.17, 15) is 5.11 Å². The minimum absolute atomic E-state index is 0.222. The molecule has 1 atom stereocenters. The van der Waals surface area contributed by atoms with Crippen molar-refractivity contribution >= 4 is 39.1 Å². The van der Waals surface area contributed by atoms with Gasteiger partial charge in [0, 0.05) is 5.75 Å². The van der Waals surface area contributed by atoms with E-state index in [0.717, 1.165) is 10.2 Å². The normalized spacial score (nSPS) is 13.1. The Morgan fingerprint density at radius 1 is 1.47 bits per heavy atom. The second kappa shape index (κ2) is 5.63. The maximum atomic E-state index is 9.19. The summed E-state index contributed by atoms with van der Waals surface area (Å²) >= 11 is 3.00. The average molecular weight is 271 g/mol. The lowest BCUT2D eigenvalue weighted by Gasteiger charge is -2.06. The highest BCUT2D eigenvalue weighted by Crippen LogP contribution is 2.24. The molecule has 0 aliphatic heterocycles. The summed E-state index contributed by atoms with van der Waals surface area (Å²) in [4.78, 5) is 9.47. The first-order chi connectivity index (χ1) is 8.20. The van der Waals surface area contributed by atoms with Crippen LogP contribution in [0.4, 0.5) is 5.82 Å². The van der Waals surface area contributed by atoms with Crippen molar-refractivity contribution in [3.8, 4) is 0 Å². The van der Waals surface area contributed by atoms with Crippen LogP contribution < -0.4 is 5.73 Å². The Labute approximate surface area is 107 Å². The number of anilines is 1. The highest BCUT2D eigenvalue weighted by Gasteiger charge is 2.07. The van der Waals surface area contributed by atoms with Gasteiger partial charge in [-0.2, -0.15) is 11.8 Å². The summed E-state index contributed by atoms with van der Waals surface area (Å²) in [7, 11) is 0. The van der Waals surface area contributed by atoms with Crippen molar-refractivity contribution in [1.29, 1.82) is 0 Å². The molecule has 0 saturated heterocycles. The van der Waals surface area contributed by atoms with Crippen molar-refractivity contribution in [3.63, 3.8) is 0 Å². The van der Waals surface area contributed by atoms with Gasteiger partial charge in [-0.05, 0) is 11.4 Å². The third-order valence-corrected chi connectivity index (χ3v) is 4.04. The zero-order valence-corrected chi connectivity index (χ0v) is 10.7. The Bertz CT molecular complexity index is 503. The molecule has 0 saturated carbocycles. The summed E-state index contributed by atoms with van der Waals surface area (Å²) < 4.78 is 0. The molecule has 2 aromatic heterocycles. The van der Waals surface area contributed by atoms with Crippen molar-refractivity contribution in [2.45, 2.75) is 11.9 Å². The van der Waals surface area contributed by atoms with Crippen molar-refractivity contribution < 1.29 is 10.2 Å². The zero-order chi connectivity index (χ0) is 12.3. The summed E-state index contributed by atoms with van der Waals surface area (Å²) in [5.74, 6) is 2.19. The number of thioether (sulfide) groups is 1. The smallest absolute Gasteiger partial charge is 0.142 e. The lowest BCUT2D eigenvalue weighted by Crippen LogP contribution is -2.14. The lowest BCUT2D eigenvalue weighted by molar-refractivity contribution is 0.113. The van der Waals surface area contributed by atoms with Gasteiger partial charge in [-0.1, -0.05) is 0 Å². The number of hydrogen-bond donors (Lipinski definition) is 3. The Morgan fingerprint density at radius 2 is 2.29 bits per heavy atom. The number of aliphatic hydroxyl groups excluding tert-OH is 2. The van der Waals surface area contributed by atoms with Crippen LogP contribution in [0.5, 0.6) is 0 Å². The molecular formula is C10H13N3O2S2. The van der Waals surface area contributed by atoms with Crippen LogP contribution in [-0.4, -0.2) is 38.6 Å². The highest BCUT2D eigenvalue weighted by atomic mass is 32.2. The molecule has 0 radical (unpaired) electrons. The van der Waals surface area contributed by atoms with Gasteiger partial charge in [-0.25, -0.2) is 9.97 Å². The topological polar surface area (TPSA) is 92.3 Å². The van der Waals surface area contributed by atoms with Gasteiger partial charge in [0.15, 0.2) is 0 Å². The van der Waals surface area contributed by atoms with Gasteiger partial charge in [0.2, 0.25) is 0 Å². The van der Waals surface area contributed by atoms with Gasteiger partial charge in [-0.15, -0.1) is 11.3 Å². The maximum absolute atomic E-state index is 9.19. The largest absolute Gasteiger partial charge is 0.394 e. The van der Waals surface area contributed by atoms with Crippen LogP contribution >= 0.6 is 23.1 Å².